The second-order valence-electron chi connectivity index (χ2n) is 2.88. The van der Waals surface area contributed by atoms with Crippen LogP contribution in [0.1, 0.15) is 0 Å². The molecule has 0 fully saturated rings. The van der Waals surface area contributed by atoms with Crippen LogP contribution >= 0.6 is 11.3 Å². The van der Waals surface area contributed by atoms with Crippen LogP contribution in [0.4, 0.5) is 0 Å². The van der Waals surface area contributed by atoms with E-state index >= 15 is 0 Å². The lowest BCUT2D eigenvalue weighted by Crippen LogP contribution is -1.91. The molecule has 0 aliphatic carbocycles. The quantitative estimate of drug-likeness (QED) is 0.727. The van der Waals surface area contributed by atoms with Gasteiger partial charge in [-0.1, -0.05) is 18.2 Å². The first-order chi connectivity index (χ1) is 6.07. The summed E-state index contributed by atoms with van der Waals surface area (Å²) in [6.07, 6.45) is 1.23. The number of thiophene rings is 1. The van der Waals surface area contributed by atoms with Crippen molar-refractivity contribution < 1.29 is 8.42 Å². The van der Waals surface area contributed by atoms with Crippen molar-refractivity contribution in [2.75, 3.05) is 6.26 Å². The zero-order valence-electron chi connectivity index (χ0n) is 7.02. The molecule has 13 heavy (non-hydrogen) atoms. The topological polar surface area (TPSA) is 34.1 Å². The van der Waals surface area contributed by atoms with E-state index in [-0.39, 0.29) is 0 Å². The van der Waals surface area contributed by atoms with Crippen LogP contribution in [0.5, 0.6) is 0 Å². The van der Waals surface area contributed by atoms with E-state index in [9.17, 15) is 8.42 Å². The number of fused-ring (bicyclic) bond motifs is 1. The van der Waals surface area contributed by atoms with Crippen molar-refractivity contribution in [1.29, 1.82) is 0 Å². The minimum Gasteiger partial charge on any atom is -0.223 e. The fourth-order valence-electron chi connectivity index (χ4n) is 1.14. The molecular weight excluding hydrogens is 204 g/mol. The van der Waals surface area contributed by atoms with Gasteiger partial charge in [0.1, 0.15) is 4.21 Å². The third-order valence-electron chi connectivity index (χ3n) is 1.77. The van der Waals surface area contributed by atoms with E-state index < -0.39 is 9.84 Å². The van der Waals surface area contributed by atoms with Gasteiger partial charge in [-0.05, 0) is 17.5 Å². The minimum absolute atomic E-state index is 0.439. The summed E-state index contributed by atoms with van der Waals surface area (Å²) in [7, 11) is -3.05. The summed E-state index contributed by atoms with van der Waals surface area (Å²) in [4.78, 5) is 0. The molecule has 0 saturated carbocycles. The molecule has 0 aliphatic rings. The van der Waals surface area contributed by atoms with E-state index in [1.54, 1.807) is 6.07 Å². The fourth-order valence-corrected chi connectivity index (χ4v) is 3.15. The van der Waals surface area contributed by atoms with Crippen molar-refractivity contribution in [3.05, 3.63) is 30.3 Å². The van der Waals surface area contributed by atoms with Gasteiger partial charge in [-0.15, -0.1) is 11.3 Å². The van der Waals surface area contributed by atoms with Gasteiger partial charge in [-0.3, -0.25) is 0 Å². The first-order valence-corrected chi connectivity index (χ1v) is 6.47. The fraction of sp³-hybridized carbons (Fsp3) is 0.111. The summed E-state index contributed by atoms with van der Waals surface area (Å²) >= 11 is 1.32. The highest BCUT2D eigenvalue weighted by Crippen LogP contribution is 2.28. The molecule has 0 radical (unpaired) electrons. The normalized spacial score (nSPS) is 12.1. The summed E-state index contributed by atoms with van der Waals surface area (Å²) in [5, 5.41) is 0.993. The Morgan fingerprint density at radius 1 is 1.23 bits per heavy atom. The lowest BCUT2D eigenvalue weighted by molar-refractivity contribution is 0.604. The van der Waals surface area contributed by atoms with Gasteiger partial charge >= 0.3 is 0 Å². The van der Waals surface area contributed by atoms with Gasteiger partial charge < -0.3 is 0 Å². The molecule has 2 nitrogen and oxygen atoms in total. The number of sulfone groups is 1. The van der Waals surface area contributed by atoms with Crippen LogP contribution in [0.3, 0.4) is 0 Å². The third-order valence-corrected chi connectivity index (χ3v) is 4.69. The summed E-state index contributed by atoms with van der Waals surface area (Å²) in [5.74, 6) is 0. The molecule has 4 heteroatoms. The first kappa shape index (κ1) is 8.72. The van der Waals surface area contributed by atoms with Crippen LogP contribution in [-0.2, 0) is 9.84 Å². The Labute approximate surface area is 80.7 Å². The van der Waals surface area contributed by atoms with Crippen LogP contribution in [0, 0.1) is 0 Å². The molecule has 1 aromatic heterocycles. The highest BCUT2D eigenvalue weighted by Gasteiger charge is 2.10. The Hall–Kier alpha value is -0.870. The average molecular weight is 212 g/mol. The number of benzene rings is 1. The standard InChI is InChI=1S/C9H8O2S2/c1-13(10,11)9-6-7-4-2-3-5-8(7)12-9/h2-6H,1H3. The third kappa shape index (κ3) is 1.59. The minimum atomic E-state index is -3.05. The maximum absolute atomic E-state index is 11.2. The van der Waals surface area contributed by atoms with Crippen LogP contribution in [-0.4, -0.2) is 14.7 Å². The molecule has 1 heterocycles. The Balaban J connectivity index is 2.77. The molecule has 68 valence electrons. The second kappa shape index (κ2) is 2.82. The van der Waals surface area contributed by atoms with Crippen molar-refractivity contribution in [3.8, 4) is 0 Å². The molecule has 0 atom stereocenters. The van der Waals surface area contributed by atoms with Crippen LogP contribution < -0.4 is 0 Å². The average Bonchev–Trinajstić information content (AvgIpc) is 2.45. The van der Waals surface area contributed by atoms with Crippen molar-refractivity contribution in [3.63, 3.8) is 0 Å². The highest BCUT2D eigenvalue weighted by atomic mass is 32.2. The predicted molar refractivity (Wildman–Crippen MR) is 54.9 cm³/mol. The monoisotopic (exact) mass is 212 g/mol. The lowest BCUT2D eigenvalue weighted by Gasteiger charge is -1.86. The molecule has 1 aromatic carbocycles. The maximum Gasteiger partial charge on any atom is 0.184 e. The van der Waals surface area contributed by atoms with E-state index in [1.807, 2.05) is 24.3 Å². The molecule has 0 N–H and O–H groups in total. The Morgan fingerprint density at radius 3 is 2.54 bits per heavy atom. The predicted octanol–water partition coefficient (Wildman–Crippen LogP) is 2.30. The Bertz CT molecular complexity index is 504. The van der Waals surface area contributed by atoms with Crippen LogP contribution in [0.25, 0.3) is 10.1 Å². The zero-order valence-corrected chi connectivity index (χ0v) is 8.65. The summed E-state index contributed by atoms with van der Waals surface area (Å²) in [6.45, 7) is 0. The highest BCUT2D eigenvalue weighted by molar-refractivity contribution is 7.92. The lowest BCUT2D eigenvalue weighted by atomic mass is 10.3. The van der Waals surface area contributed by atoms with Crippen LogP contribution in [0.15, 0.2) is 34.5 Å². The summed E-state index contributed by atoms with van der Waals surface area (Å²) < 4.78 is 23.9. The van der Waals surface area contributed by atoms with Gasteiger partial charge in [0.05, 0.1) is 0 Å². The largest absolute Gasteiger partial charge is 0.223 e. The van der Waals surface area contributed by atoms with Gasteiger partial charge in [0.15, 0.2) is 9.84 Å². The van der Waals surface area contributed by atoms with Gasteiger partial charge in [0.2, 0.25) is 0 Å². The molecule has 0 amide bonds. The maximum atomic E-state index is 11.2. The van der Waals surface area contributed by atoms with E-state index in [1.165, 1.54) is 17.6 Å². The molecule has 0 bridgehead atoms. The van der Waals surface area contributed by atoms with E-state index in [0.717, 1.165) is 10.1 Å². The zero-order chi connectivity index (χ0) is 9.47. The van der Waals surface area contributed by atoms with Crippen molar-refractivity contribution in [2.24, 2.45) is 0 Å². The van der Waals surface area contributed by atoms with Crippen molar-refractivity contribution in [1.82, 2.24) is 0 Å². The van der Waals surface area contributed by atoms with Crippen LogP contribution in [0.2, 0.25) is 0 Å². The van der Waals surface area contributed by atoms with E-state index in [0.29, 0.717) is 4.21 Å². The number of hydrogen-bond donors (Lipinski definition) is 0. The van der Waals surface area contributed by atoms with Gasteiger partial charge in [-0.25, -0.2) is 8.42 Å². The smallest absolute Gasteiger partial charge is 0.184 e. The van der Waals surface area contributed by atoms with Crippen molar-refractivity contribution >= 4 is 31.3 Å². The SMILES string of the molecule is CS(=O)(=O)c1cc2ccccc2s1. The number of hydrogen-bond acceptors (Lipinski definition) is 3. The Kier molecular flexibility index (Phi) is 1.89. The molecule has 0 unspecified atom stereocenters. The van der Waals surface area contributed by atoms with Crippen molar-refractivity contribution in [2.45, 2.75) is 4.21 Å². The van der Waals surface area contributed by atoms with Gasteiger partial charge in [0, 0.05) is 11.0 Å². The first-order valence-electron chi connectivity index (χ1n) is 3.76. The van der Waals surface area contributed by atoms with Gasteiger partial charge in [0.25, 0.3) is 0 Å². The van der Waals surface area contributed by atoms with E-state index in [2.05, 4.69) is 0 Å². The molecule has 2 rings (SSSR count). The van der Waals surface area contributed by atoms with Gasteiger partial charge in [-0.2, -0.15) is 0 Å². The van der Waals surface area contributed by atoms with E-state index in [4.69, 9.17) is 0 Å². The second-order valence-corrected chi connectivity index (χ2v) is 6.20. The molecule has 0 saturated heterocycles. The number of rotatable bonds is 1. The molecule has 0 aliphatic heterocycles. The Morgan fingerprint density at radius 2 is 1.92 bits per heavy atom. The molecule has 0 spiro atoms. The summed E-state index contributed by atoms with van der Waals surface area (Å²) in [6, 6.07) is 9.37. The summed E-state index contributed by atoms with van der Waals surface area (Å²) in [5.41, 5.74) is 0. The molecular formula is C9H8O2S2. The molecule has 2 aromatic rings.